The minimum absolute atomic E-state index is 0.0297. The Kier molecular flexibility index (Phi) is 3.28. The number of hydrogen-bond donors (Lipinski definition) is 1. The molecule has 1 atom stereocenters. The minimum Gasteiger partial charge on any atom is -0.345 e. The first-order valence-electron chi connectivity index (χ1n) is 5.42. The molecule has 5 heteroatoms. The molecule has 1 amide bonds. The number of rotatable bonds is 3. The fourth-order valence-electron chi connectivity index (χ4n) is 1.60. The summed E-state index contributed by atoms with van der Waals surface area (Å²) in [4.78, 5) is 13.2. The quantitative estimate of drug-likeness (QED) is 0.907. The Balaban J connectivity index is 2.10. The van der Waals surface area contributed by atoms with Gasteiger partial charge in [-0.15, -0.1) is 11.3 Å². The molecule has 4 nitrogen and oxygen atoms in total. The Bertz CT molecular complexity index is 516. The lowest BCUT2D eigenvalue weighted by Crippen LogP contribution is -2.26. The average Bonchev–Trinajstić information content (AvgIpc) is 2.90. The molecule has 0 aromatic carbocycles. The molecule has 0 bridgehead atoms. The van der Waals surface area contributed by atoms with Gasteiger partial charge in [0.05, 0.1) is 17.8 Å². The van der Waals surface area contributed by atoms with Crippen LogP contribution >= 0.6 is 11.3 Å². The van der Waals surface area contributed by atoms with Crippen molar-refractivity contribution in [1.82, 2.24) is 15.1 Å². The molecule has 0 aliphatic rings. The summed E-state index contributed by atoms with van der Waals surface area (Å²) in [7, 11) is 1.83. The zero-order valence-corrected chi connectivity index (χ0v) is 10.9. The van der Waals surface area contributed by atoms with Gasteiger partial charge in [0.1, 0.15) is 0 Å². The summed E-state index contributed by atoms with van der Waals surface area (Å²) in [5, 5.41) is 9.04. The van der Waals surface area contributed by atoms with Crippen LogP contribution in [0.15, 0.2) is 23.7 Å². The number of thiophene rings is 1. The molecule has 0 fully saturated rings. The van der Waals surface area contributed by atoms with Crippen molar-refractivity contribution in [2.75, 3.05) is 0 Å². The van der Waals surface area contributed by atoms with Crippen molar-refractivity contribution >= 4 is 17.2 Å². The maximum Gasteiger partial charge on any atom is 0.255 e. The third-order valence-electron chi connectivity index (χ3n) is 2.80. The van der Waals surface area contributed by atoms with E-state index in [4.69, 9.17) is 0 Å². The largest absolute Gasteiger partial charge is 0.345 e. The standard InChI is InChI=1S/C12H15N3OS/c1-8(11-5-4-6-17-11)14-12(16)10-7-13-15(3)9(10)2/h4-8H,1-3H3,(H,14,16)/t8-/m0/s1. The second-order valence-corrected chi connectivity index (χ2v) is 4.96. The SMILES string of the molecule is Cc1c(C(=O)N[C@@H](C)c2cccs2)cnn1C. The highest BCUT2D eigenvalue weighted by Gasteiger charge is 2.16. The van der Waals surface area contributed by atoms with Crippen LogP contribution in [-0.2, 0) is 7.05 Å². The highest BCUT2D eigenvalue weighted by molar-refractivity contribution is 7.10. The van der Waals surface area contributed by atoms with E-state index in [1.165, 1.54) is 0 Å². The molecule has 2 aromatic heterocycles. The number of aryl methyl sites for hydroxylation is 1. The van der Waals surface area contributed by atoms with Gasteiger partial charge in [0.2, 0.25) is 0 Å². The van der Waals surface area contributed by atoms with Crippen molar-refractivity contribution in [3.63, 3.8) is 0 Å². The Morgan fingerprint density at radius 1 is 1.59 bits per heavy atom. The molecule has 0 spiro atoms. The van der Waals surface area contributed by atoms with E-state index < -0.39 is 0 Å². The van der Waals surface area contributed by atoms with Gasteiger partial charge in [-0.2, -0.15) is 5.10 Å². The van der Waals surface area contributed by atoms with Crippen LogP contribution < -0.4 is 5.32 Å². The normalized spacial score (nSPS) is 12.4. The molecular formula is C12H15N3OS. The summed E-state index contributed by atoms with van der Waals surface area (Å²) < 4.78 is 1.70. The number of amides is 1. The van der Waals surface area contributed by atoms with Gasteiger partial charge in [-0.3, -0.25) is 9.48 Å². The van der Waals surface area contributed by atoms with E-state index in [0.29, 0.717) is 5.56 Å². The molecule has 0 radical (unpaired) electrons. The summed E-state index contributed by atoms with van der Waals surface area (Å²) in [5.41, 5.74) is 1.51. The summed E-state index contributed by atoms with van der Waals surface area (Å²) >= 11 is 1.64. The van der Waals surface area contributed by atoms with Crippen molar-refractivity contribution in [2.45, 2.75) is 19.9 Å². The van der Waals surface area contributed by atoms with Crippen LogP contribution in [0.5, 0.6) is 0 Å². The minimum atomic E-state index is -0.0727. The smallest absolute Gasteiger partial charge is 0.255 e. The van der Waals surface area contributed by atoms with Crippen molar-refractivity contribution in [1.29, 1.82) is 0 Å². The number of nitrogens with one attached hydrogen (secondary N) is 1. The third kappa shape index (κ3) is 2.39. The molecule has 0 unspecified atom stereocenters. The molecule has 1 N–H and O–H groups in total. The summed E-state index contributed by atoms with van der Waals surface area (Å²) in [6.07, 6.45) is 1.60. The van der Waals surface area contributed by atoms with Crippen molar-refractivity contribution in [3.05, 3.63) is 39.8 Å². The molecule has 2 rings (SSSR count). The highest BCUT2D eigenvalue weighted by atomic mass is 32.1. The van der Waals surface area contributed by atoms with Gasteiger partial charge in [-0.25, -0.2) is 0 Å². The molecule has 0 aliphatic heterocycles. The summed E-state index contributed by atoms with van der Waals surface area (Å²) in [6, 6.07) is 4.03. The van der Waals surface area contributed by atoms with Crippen molar-refractivity contribution < 1.29 is 4.79 Å². The van der Waals surface area contributed by atoms with E-state index in [2.05, 4.69) is 10.4 Å². The van der Waals surface area contributed by atoms with Crippen LogP contribution in [0, 0.1) is 6.92 Å². The molecule has 2 heterocycles. The first kappa shape index (κ1) is 11.9. The first-order valence-corrected chi connectivity index (χ1v) is 6.30. The zero-order valence-electron chi connectivity index (χ0n) is 10.1. The average molecular weight is 249 g/mol. The fourth-order valence-corrected chi connectivity index (χ4v) is 2.34. The van der Waals surface area contributed by atoms with Gasteiger partial charge in [0, 0.05) is 17.6 Å². The fraction of sp³-hybridized carbons (Fsp3) is 0.333. The number of nitrogens with zero attached hydrogens (tertiary/aromatic N) is 2. The van der Waals surface area contributed by atoms with Crippen molar-refractivity contribution in [2.24, 2.45) is 7.05 Å². The highest BCUT2D eigenvalue weighted by Crippen LogP contribution is 2.18. The maximum absolute atomic E-state index is 12.0. The Labute approximate surface area is 104 Å². The Morgan fingerprint density at radius 2 is 2.35 bits per heavy atom. The predicted molar refractivity (Wildman–Crippen MR) is 68.1 cm³/mol. The van der Waals surface area contributed by atoms with Crippen LogP contribution in [0.25, 0.3) is 0 Å². The number of hydrogen-bond acceptors (Lipinski definition) is 3. The molecular weight excluding hydrogens is 234 g/mol. The molecule has 90 valence electrons. The van der Waals surface area contributed by atoms with Crippen LogP contribution in [0.2, 0.25) is 0 Å². The second-order valence-electron chi connectivity index (χ2n) is 3.98. The second kappa shape index (κ2) is 4.71. The lowest BCUT2D eigenvalue weighted by molar-refractivity contribution is 0.0940. The number of aromatic nitrogens is 2. The van der Waals surface area contributed by atoms with Crippen molar-refractivity contribution in [3.8, 4) is 0 Å². The van der Waals surface area contributed by atoms with E-state index in [0.717, 1.165) is 10.6 Å². The van der Waals surface area contributed by atoms with Gasteiger partial charge < -0.3 is 5.32 Å². The number of carbonyl (C=O) groups excluding carboxylic acids is 1. The van der Waals surface area contributed by atoms with Crippen LogP contribution in [-0.4, -0.2) is 15.7 Å². The van der Waals surface area contributed by atoms with Crippen LogP contribution in [0.4, 0.5) is 0 Å². The zero-order chi connectivity index (χ0) is 12.4. The lowest BCUT2D eigenvalue weighted by atomic mass is 10.2. The van der Waals surface area contributed by atoms with Crippen LogP contribution in [0.1, 0.15) is 33.9 Å². The third-order valence-corrected chi connectivity index (χ3v) is 3.85. The van der Waals surface area contributed by atoms with Gasteiger partial charge in [0.25, 0.3) is 5.91 Å². The summed E-state index contributed by atoms with van der Waals surface area (Å²) in [5.74, 6) is -0.0727. The van der Waals surface area contributed by atoms with Gasteiger partial charge in [-0.05, 0) is 25.3 Å². The molecule has 0 aliphatic carbocycles. The van der Waals surface area contributed by atoms with E-state index in [9.17, 15) is 4.79 Å². The summed E-state index contributed by atoms with van der Waals surface area (Å²) in [6.45, 7) is 3.87. The van der Waals surface area contributed by atoms with E-state index in [1.54, 1.807) is 22.2 Å². The monoisotopic (exact) mass is 249 g/mol. The number of carbonyl (C=O) groups is 1. The van der Waals surface area contributed by atoms with E-state index in [1.807, 2.05) is 38.4 Å². The Morgan fingerprint density at radius 3 is 2.88 bits per heavy atom. The first-order chi connectivity index (χ1) is 8.09. The van der Waals surface area contributed by atoms with Gasteiger partial charge in [0.15, 0.2) is 0 Å². The van der Waals surface area contributed by atoms with Gasteiger partial charge in [-0.1, -0.05) is 6.07 Å². The predicted octanol–water partition coefficient (Wildman–Crippen LogP) is 2.28. The molecule has 0 saturated carbocycles. The molecule has 0 saturated heterocycles. The Hall–Kier alpha value is -1.62. The lowest BCUT2D eigenvalue weighted by Gasteiger charge is -2.11. The van der Waals surface area contributed by atoms with Crippen LogP contribution in [0.3, 0.4) is 0 Å². The molecule has 17 heavy (non-hydrogen) atoms. The van der Waals surface area contributed by atoms with Gasteiger partial charge >= 0.3 is 0 Å². The van der Waals surface area contributed by atoms with E-state index in [-0.39, 0.29) is 11.9 Å². The maximum atomic E-state index is 12.0. The topological polar surface area (TPSA) is 46.9 Å². The van der Waals surface area contributed by atoms with E-state index >= 15 is 0 Å². The molecule has 2 aromatic rings.